The molecule has 5 nitrogen and oxygen atoms in total. The summed E-state index contributed by atoms with van der Waals surface area (Å²) >= 11 is 0. The molecule has 27 heavy (non-hydrogen) atoms. The maximum Gasteiger partial charge on any atom is 0.175 e. The molecule has 132 valence electrons. The molecule has 0 aliphatic heterocycles. The summed E-state index contributed by atoms with van der Waals surface area (Å²) in [6, 6.07) is 14.5. The number of halogens is 2. The zero-order chi connectivity index (χ0) is 18.5. The lowest BCUT2D eigenvalue weighted by molar-refractivity contribution is 0.429. The molecule has 0 unspecified atom stereocenters. The van der Waals surface area contributed by atoms with E-state index in [1.54, 1.807) is 18.2 Å². The Morgan fingerprint density at radius 3 is 2.63 bits per heavy atom. The number of hydrogen-bond donors (Lipinski definition) is 3. The van der Waals surface area contributed by atoms with Crippen molar-refractivity contribution in [2.75, 3.05) is 0 Å². The maximum atomic E-state index is 14.3. The summed E-state index contributed by atoms with van der Waals surface area (Å²) in [6.45, 7) is 0. The number of aromatic hydroxyl groups is 1. The minimum absolute atomic E-state index is 0.284. The van der Waals surface area contributed by atoms with Crippen molar-refractivity contribution in [2.24, 2.45) is 0 Å². The lowest BCUT2D eigenvalue weighted by Crippen LogP contribution is -1.91. The SMILES string of the molecule is Oc1ccc(F)c(-c2ccc3[nH]nc(-c4nc5ccccc5[nH]4)c3c2)c1F. The van der Waals surface area contributed by atoms with Gasteiger partial charge in [-0.1, -0.05) is 18.2 Å². The molecule has 2 aromatic heterocycles. The highest BCUT2D eigenvalue weighted by Crippen LogP contribution is 2.34. The first-order valence-electron chi connectivity index (χ1n) is 8.22. The van der Waals surface area contributed by atoms with Gasteiger partial charge in [-0.05, 0) is 42.0 Å². The van der Waals surface area contributed by atoms with Crippen LogP contribution in [0, 0.1) is 11.6 Å². The number of hydrogen-bond acceptors (Lipinski definition) is 3. The molecular formula is C20H12F2N4O. The predicted molar refractivity (Wildman–Crippen MR) is 98.2 cm³/mol. The lowest BCUT2D eigenvalue weighted by atomic mass is 10.0. The van der Waals surface area contributed by atoms with E-state index in [9.17, 15) is 13.9 Å². The molecule has 0 spiro atoms. The summed E-state index contributed by atoms with van der Waals surface area (Å²) in [5.41, 5.74) is 2.93. The number of para-hydroxylation sites is 2. The zero-order valence-electron chi connectivity index (χ0n) is 13.8. The van der Waals surface area contributed by atoms with Crippen LogP contribution in [0.15, 0.2) is 54.6 Å². The summed E-state index contributed by atoms with van der Waals surface area (Å²) < 4.78 is 28.5. The van der Waals surface area contributed by atoms with E-state index in [1.165, 1.54) is 0 Å². The van der Waals surface area contributed by atoms with Gasteiger partial charge in [0.1, 0.15) is 11.5 Å². The number of rotatable bonds is 2. The molecule has 3 aromatic carbocycles. The Morgan fingerprint density at radius 1 is 0.926 bits per heavy atom. The van der Waals surface area contributed by atoms with Crippen molar-refractivity contribution in [3.63, 3.8) is 0 Å². The smallest absolute Gasteiger partial charge is 0.175 e. The van der Waals surface area contributed by atoms with Crippen LogP contribution in [0.1, 0.15) is 0 Å². The van der Waals surface area contributed by atoms with Crippen molar-refractivity contribution in [1.29, 1.82) is 0 Å². The molecule has 0 bridgehead atoms. The van der Waals surface area contributed by atoms with Crippen molar-refractivity contribution < 1.29 is 13.9 Å². The van der Waals surface area contributed by atoms with Crippen LogP contribution in [0.4, 0.5) is 8.78 Å². The first-order chi connectivity index (χ1) is 13.1. The maximum absolute atomic E-state index is 14.3. The van der Waals surface area contributed by atoms with Gasteiger partial charge in [0.05, 0.1) is 22.1 Å². The highest BCUT2D eigenvalue weighted by molar-refractivity contribution is 5.95. The van der Waals surface area contributed by atoms with Crippen LogP contribution >= 0.6 is 0 Å². The standard InChI is InChI=1S/C20H12F2N4O/c21-12-6-8-16(27)18(22)17(12)10-5-7-13-11(9-10)19(26-25-13)20-23-14-3-1-2-4-15(14)24-20/h1-9,27H,(H,23,24)(H,25,26). The third-order valence-corrected chi connectivity index (χ3v) is 4.54. The molecule has 5 rings (SSSR count). The second-order valence-corrected chi connectivity index (χ2v) is 6.19. The van der Waals surface area contributed by atoms with Gasteiger partial charge in [-0.2, -0.15) is 5.10 Å². The molecule has 3 N–H and O–H groups in total. The highest BCUT2D eigenvalue weighted by atomic mass is 19.1. The van der Waals surface area contributed by atoms with Crippen LogP contribution in [0.5, 0.6) is 5.75 Å². The topological polar surface area (TPSA) is 77.6 Å². The van der Waals surface area contributed by atoms with Crippen LogP contribution in [-0.2, 0) is 0 Å². The Kier molecular flexibility index (Phi) is 3.24. The van der Waals surface area contributed by atoms with Crippen molar-refractivity contribution in [2.45, 2.75) is 0 Å². The van der Waals surface area contributed by atoms with E-state index in [2.05, 4.69) is 20.2 Å². The molecular weight excluding hydrogens is 350 g/mol. The number of nitrogens with one attached hydrogen (secondary N) is 2. The normalized spacial score (nSPS) is 11.5. The number of aromatic nitrogens is 4. The third kappa shape index (κ3) is 2.36. The van der Waals surface area contributed by atoms with Gasteiger partial charge in [-0.15, -0.1) is 0 Å². The highest BCUT2D eigenvalue weighted by Gasteiger charge is 2.18. The number of aromatic amines is 2. The number of phenolic OH excluding ortho intramolecular Hbond substituents is 1. The average Bonchev–Trinajstić information content (AvgIpc) is 3.28. The van der Waals surface area contributed by atoms with E-state index in [0.717, 1.165) is 23.2 Å². The molecule has 5 aromatic rings. The average molecular weight is 362 g/mol. The number of phenols is 1. The summed E-state index contributed by atoms with van der Waals surface area (Å²) in [7, 11) is 0. The van der Waals surface area contributed by atoms with Crippen LogP contribution in [-0.4, -0.2) is 25.3 Å². The fourth-order valence-electron chi connectivity index (χ4n) is 3.22. The van der Waals surface area contributed by atoms with Gasteiger partial charge in [-0.3, -0.25) is 5.10 Å². The molecule has 0 atom stereocenters. The predicted octanol–water partition coefficient (Wildman–Crippen LogP) is 4.76. The number of nitrogens with zero attached hydrogens (tertiary/aromatic N) is 2. The summed E-state index contributed by atoms with van der Waals surface area (Å²) in [4.78, 5) is 7.73. The Bertz CT molecular complexity index is 1290. The molecule has 0 aliphatic rings. The fourth-order valence-corrected chi connectivity index (χ4v) is 3.22. The molecule has 0 aliphatic carbocycles. The molecule has 7 heteroatoms. The summed E-state index contributed by atoms with van der Waals surface area (Å²) in [5.74, 6) is -1.80. The van der Waals surface area contributed by atoms with Gasteiger partial charge >= 0.3 is 0 Å². The van der Waals surface area contributed by atoms with E-state index < -0.39 is 17.4 Å². The molecule has 2 heterocycles. The quantitative estimate of drug-likeness (QED) is 0.424. The lowest BCUT2D eigenvalue weighted by Gasteiger charge is -2.07. The van der Waals surface area contributed by atoms with Gasteiger partial charge < -0.3 is 10.1 Å². The Labute approximate surface area is 151 Å². The van der Waals surface area contributed by atoms with Gasteiger partial charge in [-0.25, -0.2) is 13.8 Å². The Morgan fingerprint density at radius 2 is 1.78 bits per heavy atom. The summed E-state index contributed by atoms with van der Waals surface area (Å²) in [5, 5.41) is 17.5. The zero-order valence-corrected chi connectivity index (χ0v) is 13.8. The first-order valence-corrected chi connectivity index (χ1v) is 8.22. The van der Waals surface area contributed by atoms with Gasteiger partial charge in [0.2, 0.25) is 0 Å². The van der Waals surface area contributed by atoms with Gasteiger partial charge in [0.15, 0.2) is 17.4 Å². The Hall–Kier alpha value is -3.74. The van der Waals surface area contributed by atoms with E-state index in [-0.39, 0.29) is 5.56 Å². The second-order valence-electron chi connectivity index (χ2n) is 6.19. The fraction of sp³-hybridized carbons (Fsp3) is 0. The van der Waals surface area contributed by atoms with Crippen molar-refractivity contribution >= 4 is 21.9 Å². The van der Waals surface area contributed by atoms with E-state index in [0.29, 0.717) is 28.0 Å². The van der Waals surface area contributed by atoms with E-state index >= 15 is 0 Å². The van der Waals surface area contributed by atoms with Crippen molar-refractivity contribution in [3.8, 4) is 28.4 Å². The number of fused-ring (bicyclic) bond motifs is 2. The number of benzene rings is 3. The van der Waals surface area contributed by atoms with E-state index in [1.807, 2.05) is 24.3 Å². The van der Waals surface area contributed by atoms with Crippen LogP contribution in [0.3, 0.4) is 0 Å². The second kappa shape index (κ2) is 5.63. The molecule has 0 saturated carbocycles. The van der Waals surface area contributed by atoms with Gasteiger partial charge in [0, 0.05) is 5.39 Å². The van der Waals surface area contributed by atoms with Crippen molar-refractivity contribution in [3.05, 3.63) is 66.2 Å². The largest absolute Gasteiger partial charge is 0.505 e. The summed E-state index contributed by atoms with van der Waals surface area (Å²) in [6.07, 6.45) is 0. The first kappa shape index (κ1) is 15.5. The number of H-pyrrole nitrogens is 2. The minimum atomic E-state index is -0.997. The molecule has 0 saturated heterocycles. The minimum Gasteiger partial charge on any atom is -0.505 e. The molecule has 0 fully saturated rings. The van der Waals surface area contributed by atoms with Crippen LogP contribution in [0.25, 0.3) is 44.6 Å². The van der Waals surface area contributed by atoms with Crippen molar-refractivity contribution in [1.82, 2.24) is 20.2 Å². The monoisotopic (exact) mass is 362 g/mol. The van der Waals surface area contributed by atoms with Gasteiger partial charge in [0.25, 0.3) is 0 Å². The van der Waals surface area contributed by atoms with Crippen LogP contribution in [0.2, 0.25) is 0 Å². The third-order valence-electron chi connectivity index (χ3n) is 4.54. The molecule has 0 radical (unpaired) electrons. The van der Waals surface area contributed by atoms with Crippen LogP contribution < -0.4 is 0 Å². The molecule has 0 amide bonds. The number of imidazole rings is 1. The van der Waals surface area contributed by atoms with E-state index in [4.69, 9.17) is 0 Å². The Balaban J connectivity index is 1.73.